The molecule has 1 aromatic rings. The molecular formula is C15H20O. The average Bonchev–Trinajstić information content (AvgIpc) is 3.12. The lowest BCUT2D eigenvalue weighted by atomic mass is 9.87. The molecule has 0 bridgehead atoms. The van der Waals surface area contributed by atoms with Crippen LogP contribution in [0.1, 0.15) is 37.7 Å². The van der Waals surface area contributed by atoms with Crippen LogP contribution in [0.15, 0.2) is 43.0 Å². The normalized spacial score (nSPS) is 19.1. The molecule has 86 valence electrons. The Labute approximate surface area is 97.8 Å². The standard InChI is InChI=1S/C15H20O/c1-2-3-5-10-14(16)15(11-12-15)13-8-6-4-7-9-13/h2,4,6-9,14,16H,1,3,5,10-12H2. The molecule has 1 nitrogen and oxygen atoms in total. The molecule has 1 atom stereocenters. The first-order valence-corrected chi connectivity index (χ1v) is 6.14. The second-order valence-corrected chi connectivity index (χ2v) is 4.76. The molecule has 1 N–H and O–H groups in total. The van der Waals surface area contributed by atoms with E-state index in [9.17, 15) is 5.11 Å². The van der Waals surface area contributed by atoms with Crippen molar-refractivity contribution in [3.8, 4) is 0 Å². The Morgan fingerprint density at radius 2 is 2.00 bits per heavy atom. The number of rotatable bonds is 6. The molecule has 16 heavy (non-hydrogen) atoms. The summed E-state index contributed by atoms with van der Waals surface area (Å²) in [5.74, 6) is 0. The van der Waals surface area contributed by atoms with Crippen molar-refractivity contribution >= 4 is 0 Å². The number of aliphatic hydroxyl groups is 1. The first-order chi connectivity index (χ1) is 7.79. The number of hydrogen-bond acceptors (Lipinski definition) is 1. The van der Waals surface area contributed by atoms with E-state index in [1.165, 1.54) is 5.56 Å². The second-order valence-electron chi connectivity index (χ2n) is 4.76. The minimum atomic E-state index is -0.185. The van der Waals surface area contributed by atoms with Crippen molar-refractivity contribution in [2.45, 2.75) is 43.6 Å². The first-order valence-electron chi connectivity index (χ1n) is 6.14. The zero-order valence-electron chi connectivity index (χ0n) is 9.73. The Bertz CT molecular complexity index is 338. The summed E-state index contributed by atoms with van der Waals surface area (Å²) in [6.45, 7) is 3.71. The summed E-state index contributed by atoms with van der Waals surface area (Å²) in [6.07, 6.45) is 6.94. The molecule has 0 radical (unpaired) electrons. The van der Waals surface area contributed by atoms with Crippen molar-refractivity contribution in [3.63, 3.8) is 0 Å². The number of aliphatic hydroxyl groups excluding tert-OH is 1. The maximum atomic E-state index is 10.3. The zero-order valence-corrected chi connectivity index (χ0v) is 9.73. The Kier molecular flexibility index (Phi) is 3.45. The summed E-state index contributed by atoms with van der Waals surface area (Å²) in [4.78, 5) is 0. The van der Waals surface area contributed by atoms with E-state index in [2.05, 4.69) is 30.8 Å². The number of allylic oxidation sites excluding steroid dienone is 1. The van der Waals surface area contributed by atoms with E-state index in [4.69, 9.17) is 0 Å². The molecule has 0 spiro atoms. The second kappa shape index (κ2) is 4.84. The number of hydrogen-bond donors (Lipinski definition) is 1. The Hall–Kier alpha value is -1.08. The van der Waals surface area contributed by atoms with Gasteiger partial charge in [0.1, 0.15) is 0 Å². The highest BCUT2D eigenvalue weighted by Crippen LogP contribution is 2.51. The van der Waals surface area contributed by atoms with Crippen LogP contribution in [-0.2, 0) is 5.41 Å². The van der Waals surface area contributed by atoms with E-state index in [1.54, 1.807) is 0 Å². The van der Waals surface area contributed by atoms with Crippen LogP contribution in [-0.4, -0.2) is 11.2 Å². The predicted octanol–water partition coefficient (Wildman–Crippen LogP) is 3.44. The van der Waals surface area contributed by atoms with E-state index in [1.807, 2.05) is 12.1 Å². The average molecular weight is 216 g/mol. The fraction of sp³-hybridized carbons (Fsp3) is 0.467. The van der Waals surface area contributed by atoms with Gasteiger partial charge in [0.2, 0.25) is 0 Å². The van der Waals surface area contributed by atoms with Crippen LogP contribution in [0, 0.1) is 0 Å². The van der Waals surface area contributed by atoms with Gasteiger partial charge in [-0.15, -0.1) is 6.58 Å². The van der Waals surface area contributed by atoms with Gasteiger partial charge in [0.05, 0.1) is 6.10 Å². The van der Waals surface area contributed by atoms with Gasteiger partial charge in [0.25, 0.3) is 0 Å². The van der Waals surface area contributed by atoms with E-state index in [0.29, 0.717) is 0 Å². The number of benzene rings is 1. The molecule has 1 aliphatic carbocycles. The van der Waals surface area contributed by atoms with Crippen LogP contribution in [0.2, 0.25) is 0 Å². The first kappa shape index (κ1) is 11.4. The van der Waals surface area contributed by atoms with E-state index < -0.39 is 0 Å². The van der Waals surface area contributed by atoms with Crippen molar-refractivity contribution in [3.05, 3.63) is 48.6 Å². The Morgan fingerprint density at radius 1 is 1.31 bits per heavy atom. The molecule has 0 aliphatic heterocycles. The van der Waals surface area contributed by atoms with Crippen LogP contribution < -0.4 is 0 Å². The van der Waals surface area contributed by atoms with Crippen LogP contribution >= 0.6 is 0 Å². The summed E-state index contributed by atoms with van der Waals surface area (Å²) >= 11 is 0. The minimum Gasteiger partial charge on any atom is -0.392 e. The summed E-state index contributed by atoms with van der Waals surface area (Å²) in [5.41, 5.74) is 1.38. The van der Waals surface area contributed by atoms with Gasteiger partial charge < -0.3 is 5.11 Å². The molecule has 1 aromatic carbocycles. The molecule has 0 amide bonds. The molecule has 0 heterocycles. The summed E-state index contributed by atoms with van der Waals surface area (Å²) in [5, 5.41) is 10.3. The lowest BCUT2D eigenvalue weighted by molar-refractivity contribution is 0.120. The highest BCUT2D eigenvalue weighted by molar-refractivity contribution is 5.32. The summed E-state index contributed by atoms with van der Waals surface area (Å²) in [6, 6.07) is 10.4. The monoisotopic (exact) mass is 216 g/mol. The van der Waals surface area contributed by atoms with Gasteiger partial charge in [-0.05, 0) is 37.7 Å². The van der Waals surface area contributed by atoms with Crippen molar-refractivity contribution in [1.29, 1.82) is 0 Å². The highest BCUT2D eigenvalue weighted by Gasteiger charge is 2.49. The van der Waals surface area contributed by atoms with Crippen LogP contribution in [0.25, 0.3) is 0 Å². The van der Waals surface area contributed by atoms with Crippen molar-refractivity contribution < 1.29 is 5.11 Å². The van der Waals surface area contributed by atoms with Gasteiger partial charge >= 0.3 is 0 Å². The van der Waals surface area contributed by atoms with Crippen molar-refractivity contribution in [2.75, 3.05) is 0 Å². The van der Waals surface area contributed by atoms with Crippen molar-refractivity contribution in [2.24, 2.45) is 0 Å². The maximum absolute atomic E-state index is 10.3. The molecule has 0 aromatic heterocycles. The quantitative estimate of drug-likeness (QED) is 0.570. The largest absolute Gasteiger partial charge is 0.392 e. The molecule has 1 saturated carbocycles. The molecule has 1 aliphatic rings. The van der Waals surface area contributed by atoms with Gasteiger partial charge in [0.15, 0.2) is 0 Å². The maximum Gasteiger partial charge on any atom is 0.0636 e. The van der Waals surface area contributed by atoms with Crippen LogP contribution in [0.3, 0.4) is 0 Å². The fourth-order valence-corrected chi connectivity index (χ4v) is 2.45. The van der Waals surface area contributed by atoms with Gasteiger partial charge in [-0.3, -0.25) is 0 Å². The minimum absolute atomic E-state index is 0.0719. The van der Waals surface area contributed by atoms with Gasteiger partial charge in [-0.1, -0.05) is 36.4 Å². The molecule has 2 rings (SSSR count). The van der Waals surface area contributed by atoms with Crippen LogP contribution in [0.5, 0.6) is 0 Å². The topological polar surface area (TPSA) is 20.2 Å². The van der Waals surface area contributed by atoms with E-state index in [-0.39, 0.29) is 11.5 Å². The third kappa shape index (κ3) is 2.19. The number of unbranched alkanes of at least 4 members (excludes halogenated alkanes) is 1. The smallest absolute Gasteiger partial charge is 0.0636 e. The zero-order chi connectivity index (χ0) is 11.4. The molecule has 0 saturated heterocycles. The van der Waals surface area contributed by atoms with Gasteiger partial charge in [-0.25, -0.2) is 0 Å². The third-order valence-corrected chi connectivity index (χ3v) is 3.66. The Morgan fingerprint density at radius 3 is 2.56 bits per heavy atom. The molecular weight excluding hydrogens is 196 g/mol. The van der Waals surface area contributed by atoms with Gasteiger partial charge in [0, 0.05) is 5.41 Å². The highest BCUT2D eigenvalue weighted by atomic mass is 16.3. The summed E-state index contributed by atoms with van der Waals surface area (Å²) < 4.78 is 0. The van der Waals surface area contributed by atoms with Gasteiger partial charge in [-0.2, -0.15) is 0 Å². The molecule has 1 heteroatoms. The molecule has 1 unspecified atom stereocenters. The Balaban J connectivity index is 2.00. The van der Waals surface area contributed by atoms with Crippen LogP contribution in [0.4, 0.5) is 0 Å². The summed E-state index contributed by atoms with van der Waals surface area (Å²) in [7, 11) is 0. The fourth-order valence-electron chi connectivity index (χ4n) is 2.45. The third-order valence-electron chi connectivity index (χ3n) is 3.66. The lowest BCUT2D eigenvalue weighted by Gasteiger charge is -2.22. The van der Waals surface area contributed by atoms with E-state index >= 15 is 0 Å². The van der Waals surface area contributed by atoms with E-state index in [0.717, 1.165) is 32.1 Å². The molecule has 1 fully saturated rings. The van der Waals surface area contributed by atoms with Crippen molar-refractivity contribution in [1.82, 2.24) is 0 Å². The predicted molar refractivity (Wildman–Crippen MR) is 67.4 cm³/mol. The SMILES string of the molecule is C=CCCCC(O)C1(c2ccccc2)CC1. The lowest BCUT2D eigenvalue weighted by Crippen LogP contribution is -2.25.